The van der Waals surface area contributed by atoms with E-state index in [2.05, 4.69) is 105 Å². The van der Waals surface area contributed by atoms with E-state index in [-0.39, 0.29) is 5.41 Å². The summed E-state index contributed by atoms with van der Waals surface area (Å²) < 4.78 is 12.6. The molecule has 0 amide bonds. The highest BCUT2D eigenvalue weighted by atomic mass is 28.4. The highest BCUT2D eigenvalue weighted by Gasteiger charge is 2.36. The van der Waals surface area contributed by atoms with Crippen LogP contribution in [0.3, 0.4) is 0 Å². The largest absolute Gasteiger partial charge is 0.412 e. The van der Waals surface area contributed by atoms with Crippen molar-refractivity contribution in [2.75, 3.05) is 20.3 Å². The van der Waals surface area contributed by atoms with Crippen LogP contribution in [0.4, 0.5) is 0 Å². The first kappa shape index (κ1) is 22.5. The number of hydrogen-bond donors (Lipinski definition) is 0. The molecule has 0 spiro atoms. The Bertz CT molecular complexity index is 865. The molecule has 0 radical (unpaired) electrons. The van der Waals surface area contributed by atoms with Gasteiger partial charge < -0.3 is 9.16 Å². The Morgan fingerprint density at radius 3 is 1.70 bits per heavy atom. The molecule has 3 aromatic carbocycles. The first-order valence-corrected chi connectivity index (χ1v) is 13.6. The number of aryl methyl sites for hydroxylation is 1. The second-order valence-corrected chi connectivity index (χ2v) is 12.7. The number of rotatable bonds is 10. The Kier molecular flexibility index (Phi) is 7.65. The molecule has 0 unspecified atom stereocenters. The average molecular weight is 419 g/mol. The summed E-state index contributed by atoms with van der Waals surface area (Å²) in [5.41, 5.74) is 3.84. The third kappa shape index (κ3) is 5.91. The maximum absolute atomic E-state index is 6.82. The molecule has 0 fully saturated rings. The Balaban J connectivity index is 1.90. The number of hydrogen-bond acceptors (Lipinski definition) is 2. The monoisotopic (exact) mass is 418 g/mol. The third-order valence-electron chi connectivity index (χ3n) is 5.83. The molecule has 3 heteroatoms. The SMILES string of the molecule is COCC(CO[Si](C)(C)c1ccccc1C)(Cc1ccccc1)Cc1ccccc1. The van der Waals surface area contributed by atoms with Gasteiger partial charge in [0.15, 0.2) is 0 Å². The fourth-order valence-corrected chi connectivity index (χ4v) is 6.69. The first-order chi connectivity index (χ1) is 14.4. The van der Waals surface area contributed by atoms with Crippen LogP contribution in [0.15, 0.2) is 84.9 Å². The van der Waals surface area contributed by atoms with E-state index >= 15 is 0 Å². The van der Waals surface area contributed by atoms with Gasteiger partial charge in [0.25, 0.3) is 0 Å². The number of ether oxygens (including phenoxy) is 1. The van der Waals surface area contributed by atoms with Gasteiger partial charge in [0.05, 0.1) is 6.61 Å². The van der Waals surface area contributed by atoms with Gasteiger partial charge in [-0.05, 0) is 54.7 Å². The van der Waals surface area contributed by atoms with Gasteiger partial charge in [-0.1, -0.05) is 84.9 Å². The Labute approximate surface area is 183 Å². The highest BCUT2D eigenvalue weighted by Crippen LogP contribution is 2.30. The minimum absolute atomic E-state index is 0.121. The molecule has 0 aliphatic rings. The van der Waals surface area contributed by atoms with E-state index in [4.69, 9.17) is 9.16 Å². The normalized spacial score (nSPS) is 12.1. The molecule has 0 atom stereocenters. The van der Waals surface area contributed by atoms with Gasteiger partial charge in [0.2, 0.25) is 8.32 Å². The van der Waals surface area contributed by atoms with Crippen LogP contribution >= 0.6 is 0 Å². The summed E-state index contributed by atoms with van der Waals surface area (Å²) in [5.74, 6) is 0. The van der Waals surface area contributed by atoms with Crippen LogP contribution in [0.2, 0.25) is 13.1 Å². The van der Waals surface area contributed by atoms with Crippen molar-refractivity contribution in [2.24, 2.45) is 5.41 Å². The van der Waals surface area contributed by atoms with Crippen LogP contribution in [-0.4, -0.2) is 28.6 Å². The maximum atomic E-state index is 6.82. The molecule has 158 valence electrons. The second-order valence-electron chi connectivity index (χ2n) is 8.87. The summed E-state index contributed by atoms with van der Waals surface area (Å²) in [6, 6.07) is 30.1. The summed E-state index contributed by atoms with van der Waals surface area (Å²) >= 11 is 0. The molecule has 0 aliphatic carbocycles. The predicted molar refractivity (Wildman–Crippen MR) is 129 cm³/mol. The van der Waals surface area contributed by atoms with Gasteiger partial charge in [0, 0.05) is 19.1 Å². The van der Waals surface area contributed by atoms with Crippen LogP contribution < -0.4 is 5.19 Å². The van der Waals surface area contributed by atoms with E-state index in [1.165, 1.54) is 21.9 Å². The standard InChI is InChI=1S/C27H34O2Si/c1-23-13-11-12-18-26(23)30(3,4)29-22-27(21-28-2,19-24-14-7-5-8-15-24)20-25-16-9-6-10-17-25/h5-18H,19-22H2,1-4H3. The van der Waals surface area contributed by atoms with Crippen LogP contribution in [0.1, 0.15) is 16.7 Å². The lowest BCUT2D eigenvalue weighted by Crippen LogP contribution is -2.50. The summed E-state index contributed by atoms with van der Waals surface area (Å²) in [7, 11) is -0.253. The molecule has 2 nitrogen and oxygen atoms in total. The first-order valence-electron chi connectivity index (χ1n) is 10.7. The van der Waals surface area contributed by atoms with Gasteiger partial charge in [-0.25, -0.2) is 0 Å². The lowest BCUT2D eigenvalue weighted by molar-refractivity contribution is 0.0362. The summed E-state index contributed by atoms with van der Waals surface area (Å²) in [4.78, 5) is 0. The minimum Gasteiger partial charge on any atom is -0.412 e. The van der Waals surface area contributed by atoms with Crippen molar-refractivity contribution in [2.45, 2.75) is 32.9 Å². The zero-order valence-corrected chi connectivity index (χ0v) is 19.7. The Hall–Kier alpha value is -2.20. The van der Waals surface area contributed by atoms with Gasteiger partial charge in [-0.3, -0.25) is 0 Å². The molecule has 0 aromatic heterocycles. The van der Waals surface area contributed by atoms with Crippen molar-refractivity contribution >= 4 is 13.5 Å². The van der Waals surface area contributed by atoms with Crippen molar-refractivity contribution in [3.63, 3.8) is 0 Å². The van der Waals surface area contributed by atoms with Crippen molar-refractivity contribution in [3.05, 3.63) is 102 Å². The molecular formula is C27H34O2Si. The third-order valence-corrected chi connectivity index (χ3v) is 8.55. The average Bonchev–Trinajstić information content (AvgIpc) is 2.74. The van der Waals surface area contributed by atoms with Gasteiger partial charge >= 0.3 is 0 Å². The molecule has 3 aromatic rings. The van der Waals surface area contributed by atoms with Gasteiger partial charge in [-0.2, -0.15) is 0 Å². The van der Waals surface area contributed by atoms with Crippen LogP contribution in [0.25, 0.3) is 0 Å². The quantitative estimate of drug-likeness (QED) is 0.402. The van der Waals surface area contributed by atoms with E-state index in [0.717, 1.165) is 12.8 Å². The minimum atomic E-state index is -2.05. The fourth-order valence-electron chi connectivity index (χ4n) is 4.33. The molecule has 0 N–H and O–H groups in total. The summed E-state index contributed by atoms with van der Waals surface area (Å²) in [6.45, 7) is 8.13. The van der Waals surface area contributed by atoms with Crippen molar-refractivity contribution < 1.29 is 9.16 Å². The lowest BCUT2D eigenvalue weighted by Gasteiger charge is -2.37. The molecule has 30 heavy (non-hydrogen) atoms. The van der Waals surface area contributed by atoms with Crippen molar-refractivity contribution in [1.82, 2.24) is 0 Å². The number of benzene rings is 3. The van der Waals surface area contributed by atoms with E-state index in [1.54, 1.807) is 7.11 Å². The van der Waals surface area contributed by atoms with E-state index in [9.17, 15) is 0 Å². The highest BCUT2D eigenvalue weighted by molar-refractivity contribution is 6.84. The van der Waals surface area contributed by atoms with Crippen molar-refractivity contribution in [3.8, 4) is 0 Å². The van der Waals surface area contributed by atoms with Gasteiger partial charge in [-0.15, -0.1) is 0 Å². The zero-order chi connectivity index (χ0) is 21.5. The van der Waals surface area contributed by atoms with E-state index < -0.39 is 8.32 Å². The summed E-state index contributed by atoms with van der Waals surface area (Å²) in [5, 5.41) is 1.37. The molecular weight excluding hydrogens is 384 g/mol. The Morgan fingerprint density at radius 2 is 1.20 bits per heavy atom. The predicted octanol–water partition coefficient (Wildman–Crippen LogP) is 5.54. The maximum Gasteiger partial charge on any atom is 0.218 e. The molecule has 0 saturated heterocycles. The zero-order valence-electron chi connectivity index (χ0n) is 18.7. The molecule has 0 bridgehead atoms. The van der Waals surface area contributed by atoms with Crippen LogP contribution in [0, 0.1) is 12.3 Å². The van der Waals surface area contributed by atoms with Crippen LogP contribution in [-0.2, 0) is 22.0 Å². The Morgan fingerprint density at radius 1 is 0.700 bits per heavy atom. The molecule has 3 rings (SSSR count). The lowest BCUT2D eigenvalue weighted by atomic mass is 9.78. The fraction of sp³-hybridized carbons (Fsp3) is 0.333. The molecule has 0 saturated carbocycles. The molecule has 0 heterocycles. The summed E-state index contributed by atoms with van der Waals surface area (Å²) in [6.07, 6.45) is 1.85. The van der Waals surface area contributed by atoms with Crippen molar-refractivity contribution in [1.29, 1.82) is 0 Å². The van der Waals surface area contributed by atoms with Gasteiger partial charge in [0.1, 0.15) is 0 Å². The van der Waals surface area contributed by atoms with E-state index in [1.807, 2.05) is 0 Å². The molecule has 0 aliphatic heterocycles. The second kappa shape index (κ2) is 10.2. The number of methoxy groups -OCH3 is 1. The topological polar surface area (TPSA) is 18.5 Å². The smallest absolute Gasteiger partial charge is 0.218 e. The van der Waals surface area contributed by atoms with Crippen LogP contribution in [0.5, 0.6) is 0 Å². The van der Waals surface area contributed by atoms with E-state index in [0.29, 0.717) is 13.2 Å².